The molecule has 6 N–H and O–H groups in total. The number of ether oxygens (including phenoxy) is 1. The highest BCUT2D eigenvalue weighted by molar-refractivity contribution is 6.58. The van der Waals surface area contributed by atoms with Crippen LogP contribution in [0.4, 0.5) is 13.2 Å². The van der Waals surface area contributed by atoms with Gasteiger partial charge in [0.25, 0.3) is 0 Å². The normalized spacial score (nSPS) is 24.6. The van der Waals surface area contributed by atoms with Crippen molar-refractivity contribution in [1.82, 2.24) is 9.91 Å². The van der Waals surface area contributed by atoms with Gasteiger partial charge in [0, 0.05) is 31.9 Å². The van der Waals surface area contributed by atoms with Crippen molar-refractivity contribution in [2.24, 2.45) is 11.6 Å². The molecule has 2 aliphatic rings. The van der Waals surface area contributed by atoms with Crippen LogP contribution in [-0.2, 0) is 21.6 Å². The average Bonchev–Trinajstić information content (AvgIpc) is 2.66. The van der Waals surface area contributed by atoms with Crippen molar-refractivity contribution in [1.29, 1.82) is 0 Å². The summed E-state index contributed by atoms with van der Waals surface area (Å²) in [6.07, 6.45) is -3.08. The number of amides is 1. The lowest BCUT2D eigenvalue weighted by molar-refractivity contribution is -0.194. The Hall–Kier alpha value is -2.28. The Labute approximate surface area is 172 Å². The summed E-state index contributed by atoms with van der Waals surface area (Å²) >= 11 is 0. The number of fused-ring (bicyclic) bond motifs is 2. The molecule has 1 fully saturated rings. The maximum atomic E-state index is 13.2. The van der Waals surface area contributed by atoms with Gasteiger partial charge in [-0.1, -0.05) is 18.2 Å². The summed E-state index contributed by atoms with van der Waals surface area (Å²) < 4.78 is 45.5. The molecule has 0 bridgehead atoms. The van der Waals surface area contributed by atoms with Crippen molar-refractivity contribution < 1.29 is 32.8 Å². The van der Waals surface area contributed by atoms with E-state index in [0.29, 0.717) is 23.4 Å². The monoisotopic (exact) mass is 428 g/mol. The van der Waals surface area contributed by atoms with Gasteiger partial charge in [0.1, 0.15) is 0 Å². The lowest BCUT2D eigenvalue weighted by atomic mass is 9.72. The standard InChI is InChI=1S/C18H24BF3N4O4/c1-25(24)10-14(23)15-9-17(5-6-26(15)16(27)18(20,21)22)13-3-2-12(19(28)29)8-11(13)4-7-30-17/h2-3,8,10,15,28-29H,4-7,9,23-24H2,1H3/b14-10-/t15-,17?/m0/s1. The van der Waals surface area contributed by atoms with E-state index >= 15 is 0 Å². The molecule has 12 heteroatoms. The zero-order valence-electron chi connectivity index (χ0n) is 16.4. The highest BCUT2D eigenvalue weighted by atomic mass is 19.4. The zero-order chi connectivity index (χ0) is 22.3. The number of carbonyl (C=O) groups is 1. The van der Waals surface area contributed by atoms with Crippen molar-refractivity contribution in [3.63, 3.8) is 0 Å². The number of hydrogen-bond acceptors (Lipinski definition) is 7. The molecule has 1 amide bonds. The summed E-state index contributed by atoms with van der Waals surface area (Å²) in [7, 11) is -0.165. The van der Waals surface area contributed by atoms with Gasteiger partial charge in [-0.05, 0) is 29.4 Å². The quantitative estimate of drug-likeness (QED) is 0.285. The summed E-state index contributed by atoms with van der Waals surface area (Å²) in [5, 5.41) is 20.0. The fourth-order valence-electron chi connectivity index (χ4n) is 4.24. The number of likely N-dealkylation sites (tertiary alicyclic amines) is 1. The first-order chi connectivity index (χ1) is 13.9. The predicted octanol–water partition coefficient (Wildman–Crippen LogP) is -0.707. The number of nitrogens with two attached hydrogens (primary N) is 2. The van der Waals surface area contributed by atoms with E-state index in [1.807, 2.05) is 0 Å². The van der Waals surface area contributed by atoms with E-state index in [0.717, 1.165) is 16.1 Å². The number of nitrogens with zero attached hydrogens (tertiary/aromatic N) is 2. The van der Waals surface area contributed by atoms with E-state index in [1.54, 1.807) is 12.1 Å². The van der Waals surface area contributed by atoms with Crippen LogP contribution in [0.1, 0.15) is 24.0 Å². The molecule has 30 heavy (non-hydrogen) atoms. The topological polar surface area (TPSA) is 125 Å². The van der Waals surface area contributed by atoms with Gasteiger partial charge in [0.2, 0.25) is 0 Å². The van der Waals surface area contributed by atoms with Crippen LogP contribution in [0.15, 0.2) is 30.1 Å². The van der Waals surface area contributed by atoms with E-state index in [9.17, 15) is 28.0 Å². The molecule has 8 nitrogen and oxygen atoms in total. The largest absolute Gasteiger partial charge is 0.488 e. The average molecular weight is 428 g/mol. The van der Waals surface area contributed by atoms with Gasteiger partial charge in [-0.2, -0.15) is 13.2 Å². The van der Waals surface area contributed by atoms with Crippen molar-refractivity contribution >= 4 is 18.5 Å². The van der Waals surface area contributed by atoms with Crippen LogP contribution < -0.4 is 17.0 Å². The molecule has 1 saturated heterocycles. The fourth-order valence-corrected chi connectivity index (χ4v) is 4.24. The van der Waals surface area contributed by atoms with Gasteiger partial charge >= 0.3 is 19.2 Å². The first-order valence-electron chi connectivity index (χ1n) is 9.40. The number of carbonyl (C=O) groups excluding carboxylic acids is 1. The van der Waals surface area contributed by atoms with Crippen LogP contribution in [0.2, 0.25) is 0 Å². The summed E-state index contributed by atoms with van der Waals surface area (Å²) in [4.78, 5) is 12.7. The molecule has 3 rings (SSSR count). The molecule has 2 heterocycles. The Balaban J connectivity index is 2.01. The van der Waals surface area contributed by atoms with Gasteiger partial charge in [0.05, 0.1) is 18.2 Å². The minimum atomic E-state index is -5.03. The minimum Gasteiger partial charge on any atom is -0.423 e. The third-order valence-electron chi connectivity index (χ3n) is 5.56. The number of hydrazine groups is 1. The number of hydrogen-bond donors (Lipinski definition) is 4. The van der Waals surface area contributed by atoms with E-state index in [2.05, 4.69) is 0 Å². The Morgan fingerprint density at radius 2 is 2.13 bits per heavy atom. The molecule has 0 aliphatic carbocycles. The van der Waals surface area contributed by atoms with Crippen molar-refractivity contribution in [3.05, 3.63) is 41.2 Å². The molecule has 1 unspecified atom stereocenters. The molecule has 1 spiro atoms. The van der Waals surface area contributed by atoms with Crippen molar-refractivity contribution in [3.8, 4) is 0 Å². The van der Waals surface area contributed by atoms with Crippen LogP contribution in [0, 0.1) is 0 Å². The molecule has 1 aromatic rings. The number of rotatable bonds is 3. The SMILES string of the molecule is CN(N)/C=C(\N)[C@@H]1CC2(CCN1C(=O)C(F)(F)F)OCCc1cc(B(O)O)ccc12. The highest BCUT2D eigenvalue weighted by Gasteiger charge is 2.52. The first kappa shape index (κ1) is 22.4. The van der Waals surface area contributed by atoms with Gasteiger partial charge in [-0.25, -0.2) is 5.84 Å². The first-order valence-corrected chi connectivity index (χ1v) is 9.40. The van der Waals surface area contributed by atoms with E-state index < -0.39 is 30.8 Å². The summed E-state index contributed by atoms with van der Waals surface area (Å²) in [5.74, 6) is 3.61. The zero-order valence-corrected chi connectivity index (χ0v) is 16.4. The van der Waals surface area contributed by atoms with Gasteiger partial charge < -0.3 is 30.4 Å². The lowest BCUT2D eigenvalue weighted by Crippen LogP contribution is -2.58. The maximum absolute atomic E-state index is 13.2. The second-order valence-corrected chi connectivity index (χ2v) is 7.64. The highest BCUT2D eigenvalue weighted by Crippen LogP contribution is 2.45. The summed E-state index contributed by atoms with van der Waals surface area (Å²) in [6, 6.07) is 3.80. The molecule has 0 radical (unpaired) electrons. The van der Waals surface area contributed by atoms with Gasteiger partial charge in [0.15, 0.2) is 0 Å². The fraction of sp³-hybridized carbons (Fsp3) is 0.500. The Bertz CT molecular complexity index is 849. The third-order valence-corrected chi connectivity index (χ3v) is 5.56. The van der Waals surface area contributed by atoms with Crippen LogP contribution in [-0.4, -0.2) is 65.4 Å². The molecule has 2 aliphatic heterocycles. The second kappa shape index (κ2) is 8.10. The van der Waals surface area contributed by atoms with Crippen LogP contribution >= 0.6 is 0 Å². The van der Waals surface area contributed by atoms with Crippen LogP contribution in [0.5, 0.6) is 0 Å². The molecule has 0 saturated carbocycles. The number of halogens is 3. The number of alkyl halides is 3. The summed E-state index contributed by atoms with van der Waals surface area (Å²) in [5.41, 5.74) is 6.99. The van der Waals surface area contributed by atoms with E-state index in [1.165, 1.54) is 19.3 Å². The van der Waals surface area contributed by atoms with Gasteiger partial charge in [-0.15, -0.1) is 0 Å². The molecule has 2 atom stereocenters. The lowest BCUT2D eigenvalue weighted by Gasteiger charge is -2.49. The summed E-state index contributed by atoms with van der Waals surface area (Å²) in [6.45, 7) is 0.0912. The molecule has 0 aromatic heterocycles. The molecule has 1 aromatic carbocycles. The van der Waals surface area contributed by atoms with Gasteiger partial charge in [-0.3, -0.25) is 4.79 Å². The van der Waals surface area contributed by atoms with Crippen LogP contribution in [0.25, 0.3) is 0 Å². The Morgan fingerprint density at radius 3 is 2.73 bits per heavy atom. The Kier molecular flexibility index (Phi) is 6.05. The second-order valence-electron chi connectivity index (χ2n) is 7.64. The van der Waals surface area contributed by atoms with Crippen molar-refractivity contribution in [2.45, 2.75) is 37.1 Å². The molecular formula is C18H24BF3N4O4. The minimum absolute atomic E-state index is 0.00907. The molecular weight excluding hydrogens is 404 g/mol. The number of benzene rings is 1. The predicted molar refractivity (Wildman–Crippen MR) is 103 cm³/mol. The molecule has 164 valence electrons. The smallest absolute Gasteiger partial charge is 0.423 e. The Morgan fingerprint density at radius 1 is 1.43 bits per heavy atom. The van der Waals surface area contributed by atoms with E-state index in [-0.39, 0.29) is 25.1 Å². The maximum Gasteiger partial charge on any atom is 0.488 e. The van der Waals surface area contributed by atoms with Crippen molar-refractivity contribution in [2.75, 3.05) is 20.2 Å². The third kappa shape index (κ3) is 4.26. The van der Waals surface area contributed by atoms with E-state index in [4.69, 9.17) is 16.3 Å². The van der Waals surface area contributed by atoms with Crippen LogP contribution in [0.3, 0.4) is 0 Å². The number of piperidine rings is 1.